The molecule has 10 heteroatoms. The van der Waals surface area contributed by atoms with Crippen LogP contribution in [0.15, 0.2) is 53.7 Å². The smallest absolute Gasteiger partial charge is 0.338 e. The predicted octanol–water partition coefficient (Wildman–Crippen LogP) is 4.05. The first-order chi connectivity index (χ1) is 16.4. The topological polar surface area (TPSA) is 112 Å². The number of ether oxygens (including phenoxy) is 2. The number of rotatable bonds is 9. The van der Waals surface area contributed by atoms with Gasteiger partial charge in [-0.1, -0.05) is 18.7 Å². The first-order valence-electron chi connectivity index (χ1n) is 10.7. The number of esters is 2. The van der Waals surface area contributed by atoms with Crippen LogP contribution in [0, 0.1) is 6.92 Å². The van der Waals surface area contributed by atoms with E-state index in [1.807, 2.05) is 17.7 Å². The highest BCUT2D eigenvalue weighted by Crippen LogP contribution is 2.20. The van der Waals surface area contributed by atoms with Gasteiger partial charge in [-0.3, -0.25) is 9.36 Å². The van der Waals surface area contributed by atoms with Crippen molar-refractivity contribution in [1.29, 1.82) is 0 Å². The van der Waals surface area contributed by atoms with E-state index in [1.165, 1.54) is 11.8 Å². The lowest BCUT2D eigenvalue weighted by atomic mass is 10.2. The number of nitrogens with zero attached hydrogens (tertiary/aromatic N) is 3. The molecule has 3 aromatic rings. The first-order valence-corrected chi connectivity index (χ1v) is 12.0. The van der Waals surface area contributed by atoms with Crippen molar-refractivity contribution < 1.29 is 23.9 Å². The Morgan fingerprint density at radius 1 is 0.971 bits per heavy atom. The van der Waals surface area contributed by atoms with Gasteiger partial charge < -0.3 is 14.8 Å². The molecule has 0 bridgehead atoms. The Morgan fingerprint density at radius 2 is 1.59 bits per heavy atom. The third-order valence-electron chi connectivity index (χ3n) is 4.92. The zero-order chi connectivity index (χ0) is 24.7. The Hall–Kier alpha value is -3.66. The summed E-state index contributed by atoms with van der Waals surface area (Å²) in [4.78, 5) is 37.1. The second-order valence-corrected chi connectivity index (χ2v) is 7.98. The van der Waals surface area contributed by atoms with Crippen LogP contribution < -0.4 is 5.32 Å². The molecule has 0 spiro atoms. The first kappa shape index (κ1) is 25.0. The van der Waals surface area contributed by atoms with Gasteiger partial charge in [0, 0.05) is 11.4 Å². The van der Waals surface area contributed by atoms with Crippen LogP contribution in [0.5, 0.6) is 0 Å². The molecule has 0 aliphatic heterocycles. The molecule has 2 aromatic carbocycles. The number of carbonyl (C=O) groups is 3. The van der Waals surface area contributed by atoms with Gasteiger partial charge in [-0.05, 0) is 75.1 Å². The number of hydrogen-bond acceptors (Lipinski definition) is 8. The summed E-state index contributed by atoms with van der Waals surface area (Å²) in [5, 5.41) is 11.6. The van der Waals surface area contributed by atoms with Crippen molar-refractivity contribution >= 4 is 35.3 Å². The number of amides is 1. The Kier molecular flexibility index (Phi) is 8.42. The minimum Gasteiger partial charge on any atom is -0.462 e. The fraction of sp³-hybridized carbons (Fsp3) is 0.292. The Balaban J connectivity index is 1.64. The van der Waals surface area contributed by atoms with Crippen LogP contribution in [0.3, 0.4) is 0 Å². The summed E-state index contributed by atoms with van der Waals surface area (Å²) < 4.78 is 12.3. The number of aryl methyl sites for hydroxylation is 1. The van der Waals surface area contributed by atoms with Gasteiger partial charge in [-0.2, -0.15) is 0 Å². The minimum atomic E-state index is -0.972. The fourth-order valence-corrected chi connectivity index (χ4v) is 3.71. The van der Waals surface area contributed by atoms with E-state index in [4.69, 9.17) is 9.47 Å². The van der Waals surface area contributed by atoms with Crippen LogP contribution in [0.1, 0.15) is 46.8 Å². The molecule has 34 heavy (non-hydrogen) atoms. The third-order valence-corrected chi connectivity index (χ3v) is 5.54. The van der Waals surface area contributed by atoms with Gasteiger partial charge in [0.15, 0.2) is 11.3 Å². The molecule has 9 nitrogen and oxygen atoms in total. The second-order valence-electron chi connectivity index (χ2n) is 7.21. The van der Waals surface area contributed by atoms with Crippen LogP contribution in [0.2, 0.25) is 0 Å². The van der Waals surface area contributed by atoms with Crippen molar-refractivity contribution in [3.05, 3.63) is 65.5 Å². The summed E-state index contributed by atoms with van der Waals surface area (Å²) in [5.74, 6) is -0.758. The Labute approximate surface area is 201 Å². The van der Waals surface area contributed by atoms with E-state index in [0.717, 1.165) is 16.7 Å². The summed E-state index contributed by atoms with van der Waals surface area (Å²) in [6, 6.07) is 13.1. The molecular formula is C24H26N4O5S. The molecule has 3 rings (SSSR count). The summed E-state index contributed by atoms with van der Waals surface area (Å²) in [6.07, 6.45) is 1.24. The Bertz CT molecular complexity index is 1160. The second kappa shape index (κ2) is 11.5. The van der Waals surface area contributed by atoms with Gasteiger partial charge >= 0.3 is 11.9 Å². The molecule has 1 heterocycles. The summed E-state index contributed by atoms with van der Waals surface area (Å²) in [5.41, 5.74) is 2.00. The standard InChI is InChI=1S/C24H26N4O5S/c1-5-20(21(29)25-18-11-7-16(8-12-18)22(30)32-6-2)33-23(31)17-9-13-19(14-10-17)28-15(3)26-27-24(28)34-4/h7-14,20H,5-6H2,1-4H3,(H,25,29). The predicted molar refractivity (Wildman–Crippen MR) is 128 cm³/mol. The lowest BCUT2D eigenvalue weighted by Crippen LogP contribution is -2.32. The summed E-state index contributed by atoms with van der Waals surface area (Å²) in [6.45, 7) is 5.61. The number of carbonyl (C=O) groups excluding carboxylic acids is 3. The maximum absolute atomic E-state index is 12.7. The van der Waals surface area contributed by atoms with E-state index in [-0.39, 0.29) is 6.61 Å². The van der Waals surface area contributed by atoms with E-state index < -0.39 is 23.9 Å². The number of benzene rings is 2. The average Bonchev–Trinajstić information content (AvgIpc) is 3.23. The maximum Gasteiger partial charge on any atom is 0.338 e. The summed E-state index contributed by atoms with van der Waals surface area (Å²) in [7, 11) is 0. The van der Waals surface area contributed by atoms with Gasteiger partial charge in [0.25, 0.3) is 5.91 Å². The molecule has 1 N–H and O–H groups in total. The normalized spacial score (nSPS) is 11.5. The molecule has 178 valence electrons. The molecule has 0 aliphatic carbocycles. The highest BCUT2D eigenvalue weighted by atomic mass is 32.2. The molecular weight excluding hydrogens is 456 g/mol. The van der Waals surface area contributed by atoms with Crippen molar-refractivity contribution in [2.45, 2.75) is 38.5 Å². The SMILES string of the molecule is CCOC(=O)c1ccc(NC(=O)C(CC)OC(=O)c2ccc(-n3c(C)nnc3SC)cc2)cc1. The lowest BCUT2D eigenvalue weighted by molar-refractivity contribution is -0.124. The van der Waals surface area contributed by atoms with Gasteiger partial charge in [0.1, 0.15) is 5.82 Å². The molecule has 1 atom stereocenters. The van der Waals surface area contributed by atoms with Crippen molar-refractivity contribution in [3.63, 3.8) is 0 Å². The third kappa shape index (κ3) is 5.82. The van der Waals surface area contributed by atoms with E-state index in [2.05, 4.69) is 15.5 Å². The van der Waals surface area contributed by atoms with Gasteiger partial charge in [0.2, 0.25) is 0 Å². The van der Waals surface area contributed by atoms with Gasteiger partial charge in [-0.25, -0.2) is 9.59 Å². The largest absolute Gasteiger partial charge is 0.462 e. The summed E-state index contributed by atoms with van der Waals surface area (Å²) >= 11 is 1.47. The molecule has 0 saturated carbocycles. The van der Waals surface area contributed by atoms with Crippen molar-refractivity contribution in [2.24, 2.45) is 0 Å². The molecule has 1 aromatic heterocycles. The highest BCUT2D eigenvalue weighted by molar-refractivity contribution is 7.98. The minimum absolute atomic E-state index is 0.281. The Morgan fingerprint density at radius 3 is 2.18 bits per heavy atom. The fourth-order valence-electron chi connectivity index (χ4n) is 3.17. The monoisotopic (exact) mass is 482 g/mol. The molecule has 1 amide bonds. The molecule has 1 unspecified atom stereocenters. The van der Waals surface area contributed by atoms with Crippen LogP contribution >= 0.6 is 11.8 Å². The van der Waals surface area contributed by atoms with E-state index in [9.17, 15) is 14.4 Å². The average molecular weight is 483 g/mol. The molecule has 0 radical (unpaired) electrons. The zero-order valence-corrected chi connectivity index (χ0v) is 20.2. The maximum atomic E-state index is 12.7. The number of aromatic nitrogens is 3. The van der Waals surface area contributed by atoms with Crippen LogP contribution in [-0.2, 0) is 14.3 Å². The van der Waals surface area contributed by atoms with Crippen molar-refractivity contribution in [2.75, 3.05) is 18.2 Å². The van der Waals surface area contributed by atoms with Crippen molar-refractivity contribution in [3.8, 4) is 5.69 Å². The van der Waals surface area contributed by atoms with Gasteiger partial charge in [0.05, 0.1) is 17.7 Å². The van der Waals surface area contributed by atoms with E-state index >= 15 is 0 Å². The van der Waals surface area contributed by atoms with Crippen LogP contribution in [-0.4, -0.2) is 51.6 Å². The zero-order valence-electron chi connectivity index (χ0n) is 19.4. The molecule has 0 aliphatic rings. The number of hydrogen-bond donors (Lipinski definition) is 1. The van der Waals surface area contributed by atoms with Crippen LogP contribution in [0.25, 0.3) is 5.69 Å². The van der Waals surface area contributed by atoms with E-state index in [0.29, 0.717) is 23.2 Å². The molecule has 0 fully saturated rings. The number of thioether (sulfide) groups is 1. The lowest BCUT2D eigenvalue weighted by Gasteiger charge is -2.16. The number of anilines is 1. The highest BCUT2D eigenvalue weighted by Gasteiger charge is 2.22. The van der Waals surface area contributed by atoms with E-state index in [1.54, 1.807) is 62.4 Å². The quantitative estimate of drug-likeness (QED) is 0.359. The van der Waals surface area contributed by atoms with Gasteiger partial charge in [-0.15, -0.1) is 10.2 Å². The number of nitrogens with one attached hydrogen (secondary N) is 1. The molecule has 0 saturated heterocycles. The van der Waals surface area contributed by atoms with Crippen LogP contribution in [0.4, 0.5) is 5.69 Å². The van der Waals surface area contributed by atoms with Crippen molar-refractivity contribution in [1.82, 2.24) is 14.8 Å².